The number of hydrogen-bond donors (Lipinski definition) is 5. The number of aliphatic hydroxyl groups is 1. The average molecular weight is 651 g/mol. The molecule has 0 saturated heterocycles. The summed E-state index contributed by atoms with van der Waals surface area (Å²) in [7, 11) is 1.99. The zero-order chi connectivity index (χ0) is 34.2. The third-order valence-electron chi connectivity index (χ3n) is 8.32. The number of ether oxygens (including phenoxy) is 1. The van der Waals surface area contributed by atoms with Gasteiger partial charge < -0.3 is 36.4 Å². The van der Waals surface area contributed by atoms with Crippen LogP contribution in [0.2, 0.25) is 0 Å². The molecule has 4 amide bonds. The minimum Gasteiger partial charge on any atom is -0.488 e. The van der Waals surface area contributed by atoms with Crippen LogP contribution in [0.1, 0.15) is 40.1 Å². The number of carbonyl (C=O) groups is 3. The SMILES string of the molecule is C[C@H]1CN([C@@H](C)CO)C(=O)c2cc(NC(=O)Nc3ccccc3)ccc2O[C@H]1CN(C)Cc1ccc(C(=O)Nc2ccccc2N)cc1. The van der Waals surface area contributed by atoms with E-state index in [0.717, 1.165) is 5.56 Å². The zero-order valence-electron chi connectivity index (χ0n) is 27.4. The summed E-state index contributed by atoms with van der Waals surface area (Å²) in [6, 6.07) is 27.7. The van der Waals surface area contributed by atoms with Gasteiger partial charge in [0.25, 0.3) is 11.8 Å². The molecule has 11 heteroatoms. The van der Waals surface area contributed by atoms with Crippen molar-refractivity contribution in [3.63, 3.8) is 0 Å². The maximum absolute atomic E-state index is 13.8. The molecule has 0 saturated carbocycles. The Hall–Kier alpha value is -5.39. The smallest absolute Gasteiger partial charge is 0.323 e. The molecule has 250 valence electrons. The Kier molecular flexibility index (Phi) is 10.9. The van der Waals surface area contributed by atoms with Crippen LogP contribution in [-0.4, -0.2) is 71.6 Å². The molecule has 6 N–H and O–H groups in total. The fourth-order valence-corrected chi connectivity index (χ4v) is 5.58. The summed E-state index contributed by atoms with van der Waals surface area (Å²) in [5.41, 5.74) is 9.94. The quantitative estimate of drug-likeness (QED) is 0.142. The van der Waals surface area contributed by atoms with Crippen LogP contribution in [0.3, 0.4) is 0 Å². The van der Waals surface area contributed by atoms with Gasteiger partial charge in [-0.3, -0.25) is 14.5 Å². The molecule has 1 aliphatic rings. The average Bonchev–Trinajstić information content (AvgIpc) is 3.08. The first-order valence-electron chi connectivity index (χ1n) is 15.9. The third-order valence-corrected chi connectivity index (χ3v) is 8.32. The largest absolute Gasteiger partial charge is 0.488 e. The summed E-state index contributed by atoms with van der Waals surface area (Å²) >= 11 is 0. The van der Waals surface area contributed by atoms with E-state index in [2.05, 4.69) is 20.9 Å². The molecular formula is C37H42N6O5. The number of nitrogens with two attached hydrogens (primary N) is 1. The van der Waals surface area contributed by atoms with E-state index in [9.17, 15) is 19.5 Å². The number of nitrogens with zero attached hydrogens (tertiary/aromatic N) is 2. The Labute approximate surface area is 280 Å². The minimum atomic E-state index is -0.441. The van der Waals surface area contributed by atoms with Gasteiger partial charge in [-0.1, -0.05) is 49.4 Å². The van der Waals surface area contributed by atoms with E-state index in [1.807, 2.05) is 63.4 Å². The Balaban J connectivity index is 1.28. The summed E-state index contributed by atoms with van der Waals surface area (Å²) in [6.45, 7) is 5.17. The number of aliphatic hydroxyl groups excluding tert-OH is 1. The van der Waals surface area contributed by atoms with E-state index in [1.165, 1.54) is 0 Å². The molecule has 48 heavy (non-hydrogen) atoms. The Morgan fingerprint density at radius 1 is 0.958 bits per heavy atom. The van der Waals surface area contributed by atoms with Crippen molar-refractivity contribution >= 4 is 40.6 Å². The van der Waals surface area contributed by atoms with Crippen molar-refractivity contribution in [1.82, 2.24) is 9.80 Å². The number of urea groups is 1. The van der Waals surface area contributed by atoms with Gasteiger partial charge in [0.05, 0.1) is 29.6 Å². The van der Waals surface area contributed by atoms with E-state index in [0.29, 0.717) is 59.3 Å². The van der Waals surface area contributed by atoms with E-state index < -0.39 is 12.1 Å². The standard InChI is InChI=1S/C37H42N6O5/c1-24-20-43(25(2)23-44)36(46)30-19-29(40-37(47)39-28-9-5-4-6-10-28)17-18-33(30)48-34(24)22-42(3)21-26-13-15-27(16-14-26)35(45)41-32-12-8-7-11-31(32)38/h4-19,24-25,34,44H,20-23,38H2,1-3H3,(H,41,45)(H2,39,40,47)/t24-,25-,34-/m0/s1. The van der Waals surface area contributed by atoms with Gasteiger partial charge in [0, 0.05) is 42.5 Å². The number of rotatable bonds is 10. The highest BCUT2D eigenvalue weighted by atomic mass is 16.5. The summed E-state index contributed by atoms with van der Waals surface area (Å²) in [5, 5.41) is 18.4. The predicted octanol–water partition coefficient (Wildman–Crippen LogP) is 5.52. The van der Waals surface area contributed by atoms with Gasteiger partial charge in [-0.2, -0.15) is 0 Å². The number of likely N-dealkylation sites (N-methyl/N-ethyl adjacent to an activating group) is 1. The van der Waals surface area contributed by atoms with Crippen molar-refractivity contribution in [2.24, 2.45) is 5.92 Å². The number of hydrogen-bond acceptors (Lipinski definition) is 7. The first-order chi connectivity index (χ1) is 23.1. The van der Waals surface area contributed by atoms with Crippen molar-refractivity contribution in [3.05, 3.63) is 114 Å². The third kappa shape index (κ3) is 8.49. The van der Waals surface area contributed by atoms with Crippen LogP contribution in [-0.2, 0) is 6.54 Å². The highest BCUT2D eigenvalue weighted by Crippen LogP contribution is 2.31. The van der Waals surface area contributed by atoms with E-state index >= 15 is 0 Å². The van der Waals surface area contributed by atoms with Gasteiger partial charge in [0.1, 0.15) is 11.9 Å². The van der Waals surface area contributed by atoms with Crippen molar-refractivity contribution in [3.8, 4) is 5.75 Å². The second-order valence-corrected chi connectivity index (χ2v) is 12.2. The Bertz CT molecular complexity index is 1730. The van der Waals surface area contributed by atoms with Gasteiger partial charge in [-0.15, -0.1) is 0 Å². The van der Waals surface area contributed by atoms with Crippen molar-refractivity contribution in [2.75, 3.05) is 48.4 Å². The minimum absolute atomic E-state index is 0.0653. The molecular weight excluding hydrogens is 608 g/mol. The van der Waals surface area contributed by atoms with Crippen LogP contribution in [0.4, 0.5) is 27.5 Å². The molecule has 0 aromatic heterocycles. The van der Waals surface area contributed by atoms with Gasteiger partial charge in [-0.25, -0.2) is 4.79 Å². The molecule has 1 aliphatic heterocycles. The fourth-order valence-electron chi connectivity index (χ4n) is 5.58. The van der Waals surface area contributed by atoms with E-state index in [1.54, 1.807) is 59.5 Å². The summed E-state index contributed by atoms with van der Waals surface area (Å²) < 4.78 is 6.52. The Morgan fingerprint density at radius 3 is 2.35 bits per heavy atom. The molecule has 0 fully saturated rings. The van der Waals surface area contributed by atoms with Crippen LogP contribution < -0.4 is 26.4 Å². The maximum atomic E-state index is 13.8. The molecule has 4 aromatic carbocycles. The lowest BCUT2D eigenvalue weighted by Gasteiger charge is -2.38. The molecule has 4 aromatic rings. The summed E-state index contributed by atoms with van der Waals surface area (Å²) in [4.78, 5) is 43.0. The number of amides is 4. The van der Waals surface area contributed by atoms with Crippen LogP contribution in [0.5, 0.6) is 5.75 Å². The second-order valence-electron chi connectivity index (χ2n) is 12.2. The number of fused-ring (bicyclic) bond motifs is 1. The predicted molar refractivity (Wildman–Crippen MR) is 188 cm³/mol. The van der Waals surface area contributed by atoms with Crippen molar-refractivity contribution in [1.29, 1.82) is 0 Å². The lowest BCUT2D eigenvalue weighted by atomic mass is 9.99. The number of carbonyl (C=O) groups excluding carboxylic acids is 3. The first kappa shape index (κ1) is 34.0. The molecule has 11 nitrogen and oxygen atoms in total. The number of anilines is 4. The summed E-state index contributed by atoms with van der Waals surface area (Å²) in [6.07, 6.45) is -0.295. The van der Waals surface area contributed by atoms with Crippen LogP contribution >= 0.6 is 0 Å². The van der Waals surface area contributed by atoms with Crippen LogP contribution in [0.15, 0.2) is 97.1 Å². The fraction of sp³-hybridized carbons (Fsp3) is 0.270. The molecule has 0 bridgehead atoms. The van der Waals surface area contributed by atoms with Gasteiger partial charge in [0.15, 0.2) is 0 Å². The number of nitrogen functional groups attached to an aromatic ring is 1. The van der Waals surface area contributed by atoms with Crippen molar-refractivity contribution < 1.29 is 24.2 Å². The molecule has 5 rings (SSSR count). The second kappa shape index (κ2) is 15.5. The van der Waals surface area contributed by atoms with Gasteiger partial charge in [0.2, 0.25) is 0 Å². The first-order valence-corrected chi connectivity index (χ1v) is 15.9. The normalized spacial score (nSPS) is 16.6. The van der Waals surface area contributed by atoms with Crippen LogP contribution in [0.25, 0.3) is 0 Å². The molecule has 0 unspecified atom stereocenters. The molecule has 0 aliphatic carbocycles. The molecule has 1 heterocycles. The van der Waals surface area contributed by atoms with Gasteiger partial charge in [-0.05, 0) is 74.1 Å². The number of nitrogens with one attached hydrogen (secondary N) is 3. The number of benzene rings is 4. The van der Waals surface area contributed by atoms with E-state index in [-0.39, 0.29) is 30.4 Å². The maximum Gasteiger partial charge on any atom is 0.323 e. The lowest BCUT2D eigenvalue weighted by molar-refractivity contribution is 0.0341. The highest BCUT2D eigenvalue weighted by molar-refractivity contribution is 6.06. The molecule has 0 radical (unpaired) electrons. The highest BCUT2D eigenvalue weighted by Gasteiger charge is 2.33. The molecule has 3 atom stereocenters. The number of para-hydroxylation sites is 3. The van der Waals surface area contributed by atoms with E-state index in [4.69, 9.17) is 10.5 Å². The van der Waals surface area contributed by atoms with Crippen LogP contribution in [0, 0.1) is 5.92 Å². The monoisotopic (exact) mass is 650 g/mol. The lowest BCUT2D eigenvalue weighted by Crippen LogP contribution is -2.49. The van der Waals surface area contributed by atoms with Gasteiger partial charge >= 0.3 is 6.03 Å². The zero-order valence-corrected chi connectivity index (χ0v) is 27.4. The summed E-state index contributed by atoms with van der Waals surface area (Å²) in [5.74, 6) is -0.181. The van der Waals surface area contributed by atoms with Crippen molar-refractivity contribution in [2.45, 2.75) is 32.5 Å². The Morgan fingerprint density at radius 2 is 1.65 bits per heavy atom. The molecule has 0 spiro atoms. The topological polar surface area (TPSA) is 149 Å².